The lowest BCUT2D eigenvalue weighted by molar-refractivity contribution is -0.116. The van der Waals surface area contributed by atoms with Crippen LogP contribution in [0, 0.1) is 0 Å². The Labute approximate surface area is 169 Å². The first kappa shape index (κ1) is 20.6. The van der Waals surface area contributed by atoms with Crippen molar-refractivity contribution in [3.05, 3.63) is 60.7 Å². The molecule has 3 rings (SSSR count). The number of likely N-dealkylation sites (N-methyl/N-ethyl adjacent to an activating group) is 1. The second-order valence-electron chi connectivity index (χ2n) is 6.38. The van der Waals surface area contributed by atoms with Crippen LogP contribution in [0.2, 0.25) is 0 Å². The van der Waals surface area contributed by atoms with E-state index in [9.17, 15) is 13.2 Å². The molecule has 0 spiro atoms. The van der Waals surface area contributed by atoms with E-state index in [0.717, 1.165) is 15.1 Å². The molecule has 0 aliphatic carbocycles. The maximum absolute atomic E-state index is 12.9. The van der Waals surface area contributed by atoms with E-state index in [1.807, 2.05) is 24.3 Å². The van der Waals surface area contributed by atoms with Crippen LogP contribution in [0.15, 0.2) is 65.6 Å². The topological polar surface area (TPSA) is 84.9 Å². The summed E-state index contributed by atoms with van der Waals surface area (Å²) in [6.07, 6.45) is 0. The van der Waals surface area contributed by atoms with Gasteiger partial charge in [-0.1, -0.05) is 30.3 Å². The van der Waals surface area contributed by atoms with Crippen LogP contribution in [0.1, 0.15) is 0 Å². The number of methoxy groups -OCH3 is 2. The number of carbonyl (C=O) groups excluding carboxylic acids is 1. The van der Waals surface area contributed by atoms with Crippen molar-refractivity contribution in [2.45, 2.75) is 4.90 Å². The Hall–Kier alpha value is -3.10. The van der Waals surface area contributed by atoms with E-state index >= 15 is 0 Å². The molecule has 29 heavy (non-hydrogen) atoms. The minimum Gasteiger partial charge on any atom is -0.497 e. The van der Waals surface area contributed by atoms with Crippen LogP contribution >= 0.6 is 0 Å². The van der Waals surface area contributed by atoms with Gasteiger partial charge in [0.25, 0.3) is 0 Å². The molecule has 152 valence electrons. The largest absolute Gasteiger partial charge is 0.497 e. The maximum atomic E-state index is 12.9. The highest BCUT2D eigenvalue weighted by Gasteiger charge is 2.23. The van der Waals surface area contributed by atoms with Crippen molar-refractivity contribution in [2.75, 3.05) is 33.1 Å². The van der Waals surface area contributed by atoms with Gasteiger partial charge in [-0.25, -0.2) is 8.42 Å². The summed E-state index contributed by atoms with van der Waals surface area (Å²) in [6.45, 7) is -0.352. The molecule has 1 N–H and O–H groups in total. The highest BCUT2D eigenvalue weighted by Crippen LogP contribution is 2.29. The van der Waals surface area contributed by atoms with Crippen molar-refractivity contribution in [3.63, 3.8) is 0 Å². The fourth-order valence-corrected chi connectivity index (χ4v) is 4.06. The third-order valence-electron chi connectivity index (χ3n) is 4.48. The Balaban J connectivity index is 1.77. The average molecular weight is 414 g/mol. The molecule has 1 amide bonds. The van der Waals surface area contributed by atoms with Crippen molar-refractivity contribution in [1.29, 1.82) is 0 Å². The molecule has 0 unspecified atom stereocenters. The number of amides is 1. The quantitative estimate of drug-likeness (QED) is 0.642. The standard InChI is InChI=1S/C21H22N2O5S/c1-23(14-21(24)22-19-13-17(27-2)9-11-20(19)28-3)29(25,26)18-10-8-15-6-4-5-7-16(15)12-18/h4-13H,14H2,1-3H3,(H,22,24). The SMILES string of the molecule is COc1ccc(OC)c(NC(=O)CN(C)S(=O)(=O)c2ccc3ccccc3c2)c1. The molecule has 0 radical (unpaired) electrons. The minimum atomic E-state index is -3.83. The summed E-state index contributed by atoms with van der Waals surface area (Å²) in [7, 11) is 0.529. The van der Waals surface area contributed by atoms with Crippen molar-refractivity contribution in [3.8, 4) is 11.5 Å². The molecule has 7 nitrogen and oxygen atoms in total. The van der Waals surface area contributed by atoms with Crippen molar-refractivity contribution < 1.29 is 22.7 Å². The molecule has 0 aliphatic rings. The Morgan fingerprint density at radius 1 is 0.966 bits per heavy atom. The molecule has 8 heteroatoms. The molecule has 0 saturated carbocycles. The summed E-state index contributed by atoms with van der Waals surface area (Å²) in [4.78, 5) is 12.6. The number of nitrogens with zero attached hydrogens (tertiary/aromatic N) is 1. The summed E-state index contributed by atoms with van der Waals surface area (Å²) >= 11 is 0. The summed E-state index contributed by atoms with van der Waals surface area (Å²) in [5.74, 6) is 0.487. The smallest absolute Gasteiger partial charge is 0.243 e. The number of fused-ring (bicyclic) bond motifs is 1. The van der Waals surface area contributed by atoms with Gasteiger partial charge >= 0.3 is 0 Å². The highest BCUT2D eigenvalue weighted by molar-refractivity contribution is 7.89. The van der Waals surface area contributed by atoms with Crippen LogP contribution in [0.3, 0.4) is 0 Å². The Kier molecular flexibility index (Phi) is 6.05. The number of rotatable bonds is 7. The lowest BCUT2D eigenvalue weighted by Gasteiger charge is -2.18. The van der Waals surface area contributed by atoms with Crippen LogP contribution in [-0.2, 0) is 14.8 Å². The van der Waals surface area contributed by atoms with E-state index in [0.29, 0.717) is 17.2 Å². The summed E-state index contributed by atoms with van der Waals surface area (Å²) < 4.78 is 37.2. The van der Waals surface area contributed by atoms with E-state index in [4.69, 9.17) is 9.47 Å². The summed E-state index contributed by atoms with van der Waals surface area (Å²) in [5, 5.41) is 4.42. The van der Waals surface area contributed by atoms with Gasteiger partial charge in [0, 0.05) is 13.1 Å². The van der Waals surface area contributed by atoms with E-state index in [1.54, 1.807) is 30.3 Å². The predicted octanol–water partition coefficient (Wildman–Crippen LogP) is 3.12. The fourth-order valence-electron chi connectivity index (χ4n) is 2.90. The zero-order valence-electron chi connectivity index (χ0n) is 16.4. The monoisotopic (exact) mass is 414 g/mol. The molecule has 0 saturated heterocycles. The molecule has 0 fully saturated rings. The number of sulfonamides is 1. The second-order valence-corrected chi connectivity index (χ2v) is 8.43. The number of carbonyl (C=O) groups is 1. The van der Waals surface area contributed by atoms with Crippen molar-refractivity contribution in [1.82, 2.24) is 4.31 Å². The molecule has 0 atom stereocenters. The molecule has 0 bridgehead atoms. The van der Waals surface area contributed by atoms with Gasteiger partial charge in [-0.05, 0) is 35.0 Å². The Morgan fingerprint density at radius 3 is 2.38 bits per heavy atom. The Morgan fingerprint density at radius 2 is 1.69 bits per heavy atom. The third-order valence-corrected chi connectivity index (χ3v) is 6.28. The van der Waals surface area contributed by atoms with Gasteiger partial charge in [0.2, 0.25) is 15.9 Å². The normalized spacial score (nSPS) is 11.4. The second kappa shape index (κ2) is 8.50. The van der Waals surface area contributed by atoms with Gasteiger partial charge in [-0.15, -0.1) is 0 Å². The first-order chi connectivity index (χ1) is 13.8. The van der Waals surface area contributed by atoms with Crippen molar-refractivity contribution in [2.24, 2.45) is 0 Å². The molecule has 3 aromatic carbocycles. The Bertz CT molecular complexity index is 1140. The minimum absolute atomic E-state index is 0.130. The van der Waals surface area contributed by atoms with Gasteiger partial charge < -0.3 is 14.8 Å². The zero-order chi connectivity index (χ0) is 21.0. The van der Waals surface area contributed by atoms with Gasteiger partial charge in [-0.3, -0.25) is 4.79 Å². The molecule has 0 aromatic heterocycles. The van der Waals surface area contributed by atoms with E-state index < -0.39 is 15.9 Å². The van der Waals surface area contributed by atoms with Gasteiger partial charge in [0.15, 0.2) is 0 Å². The lowest BCUT2D eigenvalue weighted by atomic mass is 10.1. The number of benzene rings is 3. The molecule has 0 heterocycles. The number of hydrogen-bond acceptors (Lipinski definition) is 5. The summed E-state index contributed by atoms with van der Waals surface area (Å²) in [5.41, 5.74) is 0.397. The number of ether oxygens (including phenoxy) is 2. The van der Waals surface area contributed by atoms with Crippen molar-refractivity contribution >= 4 is 32.4 Å². The number of hydrogen-bond donors (Lipinski definition) is 1. The fraction of sp³-hybridized carbons (Fsp3) is 0.190. The summed E-state index contributed by atoms with van der Waals surface area (Å²) in [6, 6.07) is 17.3. The van der Waals surface area contributed by atoms with E-state index in [2.05, 4.69) is 5.32 Å². The van der Waals surface area contributed by atoms with Crippen LogP contribution in [0.5, 0.6) is 11.5 Å². The van der Waals surface area contributed by atoms with Gasteiger partial charge in [0.1, 0.15) is 11.5 Å². The van der Waals surface area contributed by atoms with Crippen LogP contribution in [-0.4, -0.2) is 46.4 Å². The zero-order valence-corrected chi connectivity index (χ0v) is 17.2. The number of nitrogens with one attached hydrogen (secondary N) is 1. The van der Waals surface area contributed by atoms with E-state index in [-0.39, 0.29) is 11.4 Å². The predicted molar refractivity (Wildman–Crippen MR) is 112 cm³/mol. The van der Waals surface area contributed by atoms with Crippen LogP contribution in [0.4, 0.5) is 5.69 Å². The number of anilines is 1. The highest BCUT2D eigenvalue weighted by atomic mass is 32.2. The average Bonchev–Trinajstić information content (AvgIpc) is 2.73. The third kappa shape index (κ3) is 4.49. The first-order valence-corrected chi connectivity index (χ1v) is 10.3. The molecular formula is C21H22N2O5S. The maximum Gasteiger partial charge on any atom is 0.243 e. The lowest BCUT2D eigenvalue weighted by Crippen LogP contribution is -2.35. The first-order valence-electron chi connectivity index (χ1n) is 8.82. The van der Waals surface area contributed by atoms with Crippen LogP contribution in [0.25, 0.3) is 10.8 Å². The van der Waals surface area contributed by atoms with E-state index in [1.165, 1.54) is 27.3 Å². The molecular weight excluding hydrogens is 392 g/mol. The molecule has 0 aliphatic heterocycles. The van der Waals surface area contributed by atoms with Crippen LogP contribution < -0.4 is 14.8 Å². The van der Waals surface area contributed by atoms with Gasteiger partial charge in [-0.2, -0.15) is 4.31 Å². The van der Waals surface area contributed by atoms with Gasteiger partial charge in [0.05, 0.1) is 31.3 Å². The molecule has 3 aromatic rings.